The fourth-order valence-electron chi connectivity index (χ4n) is 2.10. The van der Waals surface area contributed by atoms with Crippen molar-refractivity contribution in [3.63, 3.8) is 0 Å². The number of carbonyl (C=O) groups is 2. The van der Waals surface area contributed by atoms with Crippen LogP contribution in [0.15, 0.2) is 0 Å². The van der Waals surface area contributed by atoms with E-state index in [1.807, 2.05) is 0 Å². The third kappa shape index (κ3) is 1.63. The summed E-state index contributed by atoms with van der Waals surface area (Å²) in [6.07, 6.45) is 1.15. The average molecular weight is 228 g/mol. The molecule has 90 valence electrons. The van der Waals surface area contributed by atoms with Crippen LogP contribution in [0.4, 0.5) is 4.79 Å². The lowest BCUT2D eigenvalue weighted by Crippen LogP contribution is -2.58. The fourth-order valence-corrected chi connectivity index (χ4v) is 2.10. The van der Waals surface area contributed by atoms with Crippen LogP contribution in [0.25, 0.3) is 0 Å². The van der Waals surface area contributed by atoms with Gasteiger partial charge >= 0.3 is 12.0 Å². The molecule has 1 saturated carbocycles. The molecule has 1 unspecified atom stereocenters. The van der Waals surface area contributed by atoms with E-state index in [2.05, 4.69) is 0 Å². The molecular weight excluding hydrogens is 212 g/mol. The van der Waals surface area contributed by atoms with Gasteiger partial charge in [0.1, 0.15) is 0 Å². The average Bonchev–Trinajstić information content (AvgIpc) is 3.02. The lowest BCUT2D eigenvalue weighted by molar-refractivity contribution is -0.225. The molecule has 2 aliphatic rings. The first-order chi connectivity index (χ1) is 7.50. The van der Waals surface area contributed by atoms with Crippen molar-refractivity contribution < 1.29 is 19.5 Å². The maximum Gasteiger partial charge on any atom is 0.346 e. The van der Waals surface area contributed by atoms with Crippen molar-refractivity contribution in [1.29, 1.82) is 0 Å². The highest BCUT2D eigenvalue weighted by molar-refractivity contribution is 5.75. The van der Waals surface area contributed by atoms with Crippen LogP contribution in [-0.4, -0.2) is 47.0 Å². The van der Waals surface area contributed by atoms with Crippen molar-refractivity contribution in [3.05, 3.63) is 0 Å². The standard InChI is InChI=1S/C10H16N2O4/c1-3-7(13)16-8-10(4-5-10)6-11(2)9(14)12(8)15/h8,15H,3-6H2,1-2H3. The molecule has 2 rings (SSSR count). The molecule has 0 aromatic heterocycles. The SMILES string of the molecule is CCC(=O)OC1N(O)C(=O)N(C)CC12CC2. The zero-order valence-electron chi connectivity index (χ0n) is 9.47. The molecule has 1 N–H and O–H groups in total. The molecule has 0 aromatic carbocycles. The first kappa shape index (κ1) is 11.2. The van der Waals surface area contributed by atoms with Gasteiger partial charge in [0.15, 0.2) is 0 Å². The van der Waals surface area contributed by atoms with Gasteiger partial charge in [-0.3, -0.25) is 10.0 Å². The number of hydroxylamine groups is 2. The normalized spacial score (nSPS) is 27.2. The second kappa shape index (κ2) is 3.62. The minimum absolute atomic E-state index is 0.241. The summed E-state index contributed by atoms with van der Waals surface area (Å²) in [5, 5.41) is 10.2. The topological polar surface area (TPSA) is 70.1 Å². The zero-order valence-corrected chi connectivity index (χ0v) is 9.47. The van der Waals surface area contributed by atoms with Gasteiger partial charge in [-0.25, -0.2) is 4.79 Å². The largest absolute Gasteiger partial charge is 0.438 e. The maximum absolute atomic E-state index is 11.5. The van der Waals surface area contributed by atoms with Crippen molar-refractivity contribution in [2.45, 2.75) is 32.4 Å². The van der Waals surface area contributed by atoms with Crippen LogP contribution >= 0.6 is 0 Å². The molecule has 1 heterocycles. The summed E-state index contributed by atoms with van der Waals surface area (Å²) >= 11 is 0. The predicted octanol–water partition coefficient (Wildman–Crippen LogP) is 0.802. The Labute approximate surface area is 93.7 Å². The quantitative estimate of drug-likeness (QED) is 0.560. The lowest BCUT2D eigenvalue weighted by Gasteiger charge is -2.41. The number of amides is 2. The van der Waals surface area contributed by atoms with E-state index in [4.69, 9.17) is 4.74 Å². The summed E-state index contributed by atoms with van der Waals surface area (Å²) in [5.74, 6) is -0.396. The van der Waals surface area contributed by atoms with Crippen LogP contribution in [0.2, 0.25) is 0 Å². The maximum atomic E-state index is 11.5. The number of carbonyl (C=O) groups excluding carboxylic acids is 2. The molecule has 2 fully saturated rings. The Hall–Kier alpha value is -1.30. The summed E-state index contributed by atoms with van der Waals surface area (Å²) in [4.78, 5) is 24.2. The van der Waals surface area contributed by atoms with Crippen LogP contribution < -0.4 is 0 Å². The molecule has 0 aromatic rings. The second-order valence-corrected chi connectivity index (χ2v) is 4.54. The molecule has 1 aliphatic carbocycles. The Morgan fingerprint density at radius 1 is 1.62 bits per heavy atom. The molecule has 0 radical (unpaired) electrons. The molecule has 0 bridgehead atoms. The molecule has 6 heteroatoms. The molecule has 2 amide bonds. The predicted molar refractivity (Wildman–Crippen MR) is 53.5 cm³/mol. The molecule has 6 nitrogen and oxygen atoms in total. The number of urea groups is 1. The van der Waals surface area contributed by atoms with Gasteiger partial charge < -0.3 is 9.64 Å². The van der Waals surface area contributed by atoms with Gasteiger partial charge in [-0.15, -0.1) is 0 Å². The highest BCUT2D eigenvalue weighted by Crippen LogP contribution is 2.53. The second-order valence-electron chi connectivity index (χ2n) is 4.54. The van der Waals surface area contributed by atoms with Crippen molar-refractivity contribution in [2.24, 2.45) is 5.41 Å². The first-order valence-electron chi connectivity index (χ1n) is 5.43. The molecule has 1 atom stereocenters. The summed E-state index contributed by atoms with van der Waals surface area (Å²) in [6.45, 7) is 2.21. The van der Waals surface area contributed by atoms with Crippen LogP contribution in [0.1, 0.15) is 26.2 Å². The minimum Gasteiger partial charge on any atom is -0.438 e. The van der Waals surface area contributed by atoms with Gasteiger partial charge in [-0.2, -0.15) is 5.06 Å². The summed E-state index contributed by atoms with van der Waals surface area (Å²) in [7, 11) is 1.63. The van der Waals surface area contributed by atoms with Gasteiger partial charge in [-0.1, -0.05) is 6.92 Å². The van der Waals surface area contributed by atoms with E-state index in [0.717, 1.165) is 12.8 Å². The number of esters is 1. The van der Waals surface area contributed by atoms with E-state index < -0.39 is 18.2 Å². The monoisotopic (exact) mass is 228 g/mol. The molecule has 16 heavy (non-hydrogen) atoms. The van der Waals surface area contributed by atoms with Gasteiger partial charge in [0.05, 0.1) is 0 Å². The van der Waals surface area contributed by atoms with E-state index >= 15 is 0 Å². The highest BCUT2D eigenvalue weighted by Gasteiger charge is 2.59. The van der Waals surface area contributed by atoms with Crippen LogP contribution in [0.3, 0.4) is 0 Å². The number of ether oxygens (including phenoxy) is 1. The number of nitrogens with zero attached hydrogens (tertiary/aromatic N) is 2. The van der Waals surface area contributed by atoms with E-state index in [9.17, 15) is 14.8 Å². The van der Waals surface area contributed by atoms with Crippen molar-refractivity contribution in [3.8, 4) is 0 Å². The van der Waals surface area contributed by atoms with Crippen molar-refractivity contribution in [2.75, 3.05) is 13.6 Å². The Morgan fingerprint density at radius 3 is 2.75 bits per heavy atom. The third-order valence-corrected chi connectivity index (χ3v) is 3.24. The number of rotatable bonds is 2. The zero-order chi connectivity index (χ0) is 11.9. The molecule has 1 spiro atoms. The summed E-state index contributed by atoms with van der Waals surface area (Å²) in [6, 6.07) is -0.522. The minimum atomic E-state index is -0.816. The molecular formula is C10H16N2O4. The van der Waals surface area contributed by atoms with Gasteiger partial charge in [0.2, 0.25) is 6.23 Å². The Morgan fingerprint density at radius 2 is 2.25 bits per heavy atom. The highest BCUT2D eigenvalue weighted by atomic mass is 16.6. The smallest absolute Gasteiger partial charge is 0.346 e. The van der Waals surface area contributed by atoms with Crippen molar-refractivity contribution >= 4 is 12.0 Å². The van der Waals surface area contributed by atoms with Crippen LogP contribution in [0.5, 0.6) is 0 Å². The Bertz CT molecular complexity index is 327. The lowest BCUT2D eigenvalue weighted by atomic mass is 10.0. The van der Waals surface area contributed by atoms with Gasteiger partial charge in [0.25, 0.3) is 0 Å². The molecule has 1 aliphatic heterocycles. The first-order valence-corrected chi connectivity index (χ1v) is 5.43. The summed E-state index contributed by atoms with van der Waals surface area (Å²) < 4.78 is 5.14. The van der Waals surface area contributed by atoms with Crippen LogP contribution in [-0.2, 0) is 9.53 Å². The van der Waals surface area contributed by atoms with E-state index in [-0.39, 0.29) is 11.8 Å². The number of hydrogen-bond acceptors (Lipinski definition) is 4. The van der Waals surface area contributed by atoms with E-state index in [0.29, 0.717) is 11.6 Å². The summed E-state index contributed by atoms with van der Waals surface area (Å²) in [5.41, 5.74) is -0.262. The van der Waals surface area contributed by atoms with Crippen LogP contribution in [0, 0.1) is 5.41 Å². The van der Waals surface area contributed by atoms with E-state index in [1.54, 1.807) is 14.0 Å². The van der Waals surface area contributed by atoms with Crippen molar-refractivity contribution in [1.82, 2.24) is 9.96 Å². The fraction of sp³-hybridized carbons (Fsp3) is 0.800. The Kier molecular flexibility index (Phi) is 2.53. The molecule has 1 saturated heterocycles. The van der Waals surface area contributed by atoms with Gasteiger partial charge in [0, 0.05) is 25.4 Å². The third-order valence-electron chi connectivity index (χ3n) is 3.24. The number of hydrogen-bond donors (Lipinski definition) is 1. The Balaban J connectivity index is 2.14. The van der Waals surface area contributed by atoms with E-state index in [1.165, 1.54) is 4.90 Å². The van der Waals surface area contributed by atoms with Gasteiger partial charge in [-0.05, 0) is 12.8 Å².